The van der Waals surface area contributed by atoms with Gasteiger partial charge in [0.05, 0.1) is 18.4 Å². The first-order valence-electron chi connectivity index (χ1n) is 10.2. The fourth-order valence-corrected chi connectivity index (χ4v) is 5.10. The molecule has 6 heteroatoms. The number of nitrogens with one attached hydrogen (secondary N) is 1. The first-order chi connectivity index (χ1) is 14.3. The summed E-state index contributed by atoms with van der Waals surface area (Å²) >= 11 is 0. The number of imide groups is 1. The Hall–Kier alpha value is -2.99. The Kier molecular flexibility index (Phi) is 4.98. The SMILES string of the molecule is Cc1ccccc1C1NC(C(=O)O)(C(C)C)C2C(=O)N(Cc3ccccc3)C(=O)C12. The summed E-state index contributed by atoms with van der Waals surface area (Å²) < 4.78 is 0. The second kappa shape index (κ2) is 7.36. The van der Waals surface area contributed by atoms with Crippen molar-refractivity contribution < 1.29 is 19.5 Å². The van der Waals surface area contributed by atoms with Gasteiger partial charge in [-0.1, -0.05) is 68.4 Å². The van der Waals surface area contributed by atoms with Crippen LogP contribution in [0.3, 0.4) is 0 Å². The fraction of sp³-hybridized carbons (Fsp3) is 0.375. The molecule has 4 unspecified atom stereocenters. The molecular weight excluding hydrogens is 380 g/mol. The number of aryl methyl sites for hydroxylation is 1. The van der Waals surface area contributed by atoms with Gasteiger partial charge in [0.2, 0.25) is 11.8 Å². The number of aliphatic carboxylic acids is 1. The van der Waals surface area contributed by atoms with Crippen LogP contribution in [-0.2, 0) is 20.9 Å². The number of hydrogen-bond acceptors (Lipinski definition) is 4. The van der Waals surface area contributed by atoms with Gasteiger partial charge < -0.3 is 5.11 Å². The molecule has 4 atom stereocenters. The van der Waals surface area contributed by atoms with Crippen molar-refractivity contribution in [3.63, 3.8) is 0 Å². The highest BCUT2D eigenvalue weighted by atomic mass is 16.4. The lowest BCUT2D eigenvalue weighted by atomic mass is 9.73. The smallest absolute Gasteiger partial charge is 0.325 e. The van der Waals surface area contributed by atoms with Crippen molar-refractivity contribution in [1.29, 1.82) is 0 Å². The number of likely N-dealkylation sites (tertiary alicyclic amines) is 1. The summed E-state index contributed by atoms with van der Waals surface area (Å²) in [5, 5.41) is 13.5. The molecule has 2 aliphatic rings. The van der Waals surface area contributed by atoms with Gasteiger partial charge in [-0.2, -0.15) is 0 Å². The maximum Gasteiger partial charge on any atom is 0.325 e. The predicted octanol–water partition coefficient (Wildman–Crippen LogP) is 2.92. The van der Waals surface area contributed by atoms with Crippen LogP contribution in [0.2, 0.25) is 0 Å². The third-order valence-electron chi connectivity index (χ3n) is 6.66. The van der Waals surface area contributed by atoms with Crippen molar-refractivity contribution in [2.24, 2.45) is 17.8 Å². The van der Waals surface area contributed by atoms with E-state index in [0.29, 0.717) is 0 Å². The summed E-state index contributed by atoms with van der Waals surface area (Å²) in [5.41, 5.74) is 1.15. The number of nitrogens with zero attached hydrogens (tertiary/aromatic N) is 1. The van der Waals surface area contributed by atoms with Crippen LogP contribution in [0.4, 0.5) is 0 Å². The Labute approximate surface area is 175 Å². The van der Waals surface area contributed by atoms with Crippen LogP contribution in [0.1, 0.15) is 36.6 Å². The molecular formula is C24H26N2O4. The second-order valence-electron chi connectivity index (χ2n) is 8.56. The van der Waals surface area contributed by atoms with Crippen LogP contribution < -0.4 is 5.32 Å². The van der Waals surface area contributed by atoms with Gasteiger partial charge >= 0.3 is 5.97 Å². The lowest BCUT2D eigenvalue weighted by Gasteiger charge is -2.34. The molecule has 0 spiro atoms. The normalized spacial score (nSPS) is 28.3. The lowest BCUT2D eigenvalue weighted by Crippen LogP contribution is -2.59. The largest absolute Gasteiger partial charge is 0.480 e. The van der Waals surface area contributed by atoms with E-state index in [2.05, 4.69) is 5.32 Å². The molecule has 0 aromatic heterocycles. The van der Waals surface area contributed by atoms with Crippen molar-refractivity contribution in [3.8, 4) is 0 Å². The van der Waals surface area contributed by atoms with Gasteiger partial charge in [-0.3, -0.25) is 24.6 Å². The van der Waals surface area contributed by atoms with E-state index in [-0.39, 0.29) is 18.4 Å². The minimum Gasteiger partial charge on any atom is -0.480 e. The molecule has 0 radical (unpaired) electrons. The van der Waals surface area contributed by atoms with E-state index in [4.69, 9.17) is 0 Å². The first kappa shape index (κ1) is 20.3. The Morgan fingerprint density at radius 3 is 2.30 bits per heavy atom. The molecule has 6 nitrogen and oxygen atoms in total. The number of fused-ring (bicyclic) bond motifs is 1. The number of carboxylic acid groups (broad SMARTS) is 1. The second-order valence-corrected chi connectivity index (χ2v) is 8.56. The zero-order chi connectivity index (χ0) is 21.6. The molecule has 2 amide bonds. The van der Waals surface area contributed by atoms with Gasteiger partial charge in [-0.05, 0) is 29.5 Å². The van der Waals surface area contributed by atoms with Crippen LogP contribution >= 0.6 is 0 Å². The monoisotopic (exact) mass is 406 g/mol. The van der Waals surface area contributed by atoms with E-state index >= 15 is 0 Å². The van der Waals surface area contributed by atoms with Gasteiger partial charge in [0.25, 0.3) is 0 Å². The number of carbonyl (C=O) groups excluding carboxylic acids is 2. The zero-order valence-electron chi connectivity index (χ0n) is 17.3. The molecule has 2 aromatic rings. The van der Waals surface area contributed by atoms with E-state index in [9.17, 15) is 19.5 Å². The van der Waals surface area contributed by atoms with Crippen molar-refractivity contribution in [1.82, 2.24) is 10.2 Å². The van der Waals surface area contributed by atoms with Crippen LogP contribution in [0.15, 0.2) is 54.6 Å². The molecule has 30 heavy (non-hydrogen) atoms. The highest BCUT2D eigenvalue weighted by Crippen LogP contribution is 2.52. The number of rotatable bonds is 5. The first-order valence-corrected chi connectivity index (χ1v) is 10.2. The van der Waals surface area contributed by atoms with Crippen molar-refractivity contribution in [2.45, 2.75) is 38.9 Å². The third-order valence-corrected chi connectivity index (χ3v) is 6.66. The number of benzene rings is 2. The minimum atomic E-state index is -1.50. The highest BCUT2D eigenvalue weighted by molar-refractivity contribution is 6.09. The number of hydrogen-bond donors (Lipinski definition) is 2. The fourth-order valence-electron chi connectivity index (χ4n) is 5.10. The summed E-state index contributed by atoms with van der Waals surface area (Å²) in [6.45, 7) is 5.66. The zero-order valence-corrected chi connectivity index (χ0v) is 17.3. The molecule has 2 fully saturated rings. The maximum atomic E-state index is 13.5. The maximum absolute atomic E-state index is 13.5. The molecule has 2 heterocycles. The summed E-state index contributed by atoms with van der Waals surface area (Å²) in [6, 6.07) is 16.4. The molecule has 4 rings (SSSR count). The Balaban J connectivity index is 1.82. The van der Waals surface area contributed by atoms with Crippen LogP contribution in [-0.4, -0.2) is 33.3 Å². The van der Waals surface area contributed by atoms with Gasteiger partial charge in [0.15, 0.2) is 0 Å². The number of carboxylic acids is 1. The summed E-state index contributed by atoms with van der Waals surface area (Å²) in [6.07, 6.45) is 0. The molecule has 2 aromatic carbocycles. The predicted molar refractivity (Wildman–Crippen MR) is 111 cm³/mol. The molecule has 0 aliphatic carbocycles. The van der Waals surface area contributed by atoms with Gasteiger partial charge in [0, 0.05) is 6.04 Å². The van der Waals surface area contributed by atoms with E-state index in [0.717, 1.165) is 16.7 Å². The molecule has 2 saturated heterocycles. The molecule has 0 saturated carbocycles. The van der Waals surface area contributed by atoms with Crippen molar-refractivity contribution in [2.75, 3.05) is 0 Å². The standard InChI is InChI=1S/C24H26N2O4/c1-14(2)24(23(29)30)19-18(20(25-24)17-12-8-7-9-15(17)3)21(27)26(22(19)28)13-16-10-5-4-6-11-16/h4-12,14,18-20,25H,13H2,1-3H3,(H,29,30). The Morgan fingerprint density at radius 1 is 1.07 bits per heavy atom. The van der Waals surface area contributed by atoms with Crippen molar-refractivity contribution >= 4 is 17.8 Å². The van der Waals surface area contributed by atoms with E-state index in [1.807, 2.05) is 61.5 Å². The van der Waals surface area contributed by atoms with E-state index in [1.54, 1.807) is 13.8 Å². The highest BCUT2D eigenvalue weighted by Gasteiger charge is 2.69. The number of amides is 2. The van der Waals surface area contributed by atoms with Gasteiger partial charge in [-0.15, -0.1) is 0 Å². The topological polar surface area (TPSA) is 86.7 Å². The Morgan fingerprint density at radius 2 is 1.70 bits per heavy atom. The summed E-state index contributed by atoms with van der Waals surface area (Å²) in [4.78, 5) is 40.8. The molecule has 2 aliphatic heterocycles. The average molecular weight is 406 g/mol. The van der Waals surface area contributed by atoms with Crippen LogP contribution in [0.25, 0.3) is 0 Å². The number of carbonyl (C=O) groups is 3. The van der Waals surface area contributed by atoms with E-state index < -0.39 is 35.3 Å². The van der Waals surface area contributed by atoms with Gasteiger partial charge in [0.1, 0.15) is 5.54 Å². The minimum absolute atomic E-state index is 0.153. The molecule has 0 bridgehead atoms. The molecule has 2 N–H and O–H groups in total. The summed E-state index contributed by atoms with van der Waals surface area (Å²) in [5.74, 6) is -3.89. The summed E-state index contributed by atoms with van der Waals surface area (Å²) in [7, 11) is 0. The quantitative estimate of drug-likeness (QED) is 0.746. The Bertz CT molecular complexity index is 1000. The van der Waals surface area contributed by atoms with Gasteiger partial charge in [-0.25, -0.2) is 0 Å². The van der Waals surface area contributed by atoms with E-state index in [1.165, 1.54) is 4.90 Å². The lowest BCUT2D eigenvalue weighted by molar-refractivity contribution is -0.154. The molecule has 156 valence electrons. The van der Waals surface area contributed by atoms with Crippen LogP contribution in [0.5, 0.6) is 0 Å². The van der Waals surface area contributed by atoms with Crippen molar-refractivity contribution in [3.05, 3.63) is 71.3 Å². The van der Waals surface area contributed by atoms with Crippen LogP contribution in [0, 0.1) is 24.7 Å². The third kappa shape index (κ3) is 2.86. The average Bonchev–Trinajstić information content (AvgIpc) is 3.20.